The van der Waals surface area contributed by atoms with Gasteiger partial charge in [0.15, 0.2) is 0 Å². The van der Waals surface area contributed by atoms with Crippen LogP contribution in [0.5, 0.6) is 0 Å². The van der Waals surface area contributed by atoms with Crippen molar-refractivity contribution in [3.63, 3.8) is 0 Å². The maximum atomic E-state index is 12.1. The lowest BCUT2D eigenvalue weighted by Gasteiger charge is -2.24. The van der Waals surface area contributed by atoms with E-state index in [0.717, 1.165) is 6.42 Å². The third-order valence-corrected chi connectivity index (χ3v) is 3.08. The van der Waals surface area contributed by atoms with Crippen molar-refractivity contribution in [2.75, 3.05) is 6.54 Å². The summed E-state index contributed by atoms with van der Waals surface area (Å²) in [4.78, 5) is 25.8. The van der Waals surface area contributed by atoms with E-state index in [-0.39, 0.29) is 23.9 Å². The van der Waals surface area contributed by atoms with Gasteiger partial charge < -0.3 is 16.0 Å². The molecule has 1 aliphatic heterocycles. The molecular weight excluding hydrogens is 242 g/mol. The molecule has 0 bridgehead atoms. The monoisotopic (exact) mass is 267 g/mol. The second-order valence-electron chi connectivity index (χ2n) is 5.30. The van der Waals surface area contributed by atoms with Crippen LogP contribution in [0.2, 0.25) is 0 Å². The highest BCUT2D eigenvalue weighted by Gasteiger charge is 2.37. The summed E-state index contributed by atoms with van der Waals surface area (Å²) in [5.74, 6) is -0.127. The number of hydrogen-bond donors (Lipinski definition) is 2. The maximum absolute atomic E-state index is 12.1. The first-order chi connectivity index (χ1) is 8.95. The summed E-state index contributed by atoms with van der Waals surface area (Å²) in [5, 5.41) is 2.85. The van der Waals surface area contributed by atoms with Crippen molar-refractivity contribution >= 4 is 11.8 Å². The molecule has 1 aliphatic rings. The molecule has 0 aromatic heterocycles. The molecule has 19 heavy (non-hydrogen) atoms. The van der Waals surface area contributed by atoms with Gasteiger partial charge in [0.2, 0.25) is 11.8 Å². The van der Waals surface area contributed by atoms with E-state index in [2.05, 4.69) is 5.32 Å². The van der Waals surface area contributed by atoms with Crippen molar-refractivity contribution < 1.29 is 9.59 Å². The van der Waals surface area contributed by atoms with Crippen molar-refractivity contribution in [3.8, 4) is 0 Å². The molecule has 0 unspecified atom stereocenters. The molecule has 2 atom stereocenters. The maximum Gasteiger partial charge on any atom is 0.243 e. The minimum atomic E-state index is -0.417. The second kappa shape index (κ2) is 7.28. The van der Waals surface area contributed by atoms with Crippen molar-refractivity contribution in [3.05, 3.63) is 12.2 Å². The molecule has 3 N–H and O–H groups in total. The Balaban J connectivity index is 2.65. The molecule has 0 spiro atoms. The zero-order chi connectivity index (χ0) is 14.4. The summed E-state index contributed by atoms with van der Waals surface area (Å²) in [7, 11) is 0. The van der Waals surface area contributed by atoms with Gasteiger partial charge in [0.1, 0.15) is 6.04 Å². The predicted octanol–water partition coefficient (Wildman–Crippen LogP) is 0.796. The fourth-order valence-electron chi connectivity index (χ4n) is 2.24. The van der Waals surface area contributed by atoms with Crippen LogP contribution in [0.4, 0.5) is 0 Å². The number of rotatable bonds is 5. The molecular formula is C14H25N3O2. The van der Waals surface area contributed by atoms with Gasteiger partial charge >= 0.3 is 0 Å². The van der Waals surface area contributed by atoms with Gasteiger partial charge in [-0.15, -0.1) is 0 Å². The van der Waals surface area contributed by atoms with E-state index in [9.17, 15) is 9.59 Å². The lowest BCUT2D eigenvalue weighted by molar-refractivity contribution is -0.138. The van der Waals surface area contributed by atoms with E-state index in [1.165, 1.54) is 0 Å². The Morgan fingerprint density at radius 1 is 1.42 bits per heavy atom. The average Bonchev–Trinajstić information content (AvgIpc) is 2.71. The van der Waals surface area contributed by atoms with Crippen LogP contribution >= 0.6 is 0 Å². The molecule has 5 heteroatoms. The van der Waals surface area contributed by atoms with E-state index < -0.39 is 6.04 Å². The summed E-state index contributed by atoms with van der Waals surface area (Å²) in [6, 6.07) is -0.455. The summed E-state index contributed by atoms with van der Waals surface area (Å²) in [6.45, 7) is 6.30. The van der Waals surface area contributed by atoms with Crippen molar-refractivity contribution in [2.24, 2.45) is 5.73 Å². The first-order valence-electron chi connectivity index (χ1n) is 6.96. The Hall–Kier alpha value is -1.36. The molecule has 0 saturated carbocycles. The van der Waals surface area contributed by atoms with Crippen LogP contribution in [0.3, 0.4) is 0 Å². The second-order valence-corrected chi connectivity index (χ2v) is 5.30. The molecule has 0 aromatic rings. The molecule has 108 valence electrons. The van der Waals surface area contributed by atoms with E-state index >= 15 is 0 Å². The minimum Gasteiger partial charge on any atom is -0.352 e. The summed E-state index contributed by atoms with van der Waals surface area (Å²) < 4.78 is 0. The molecule has 1 fully saturated rings. The Morgan fingerprint density at radius 3 is 2.68 bits per heavy atom. The molecule has 0 radical (unpaired) electrons. The normalized spacial score (nSPS) is 23.3. The van der Waals surface area contributed by atoms with Crippen molar-refractivity contribution in [1.29, 1.82) is 0 Å². The lowest BCUT2D eigenvalue weighted by Crippen LogP contribution is -2.47. The van der Waals surface area contributed by atoms with Crippen LogP contribution in [0.15, 0.2) is 12.2 Å². The fourth-order valence-corrected chi connectivity index (χ4v) is 2.24. The van der Waals surface area contributed by atoms with Crippen LogP contribution in [0.1, 0.15) is 40.0 Å². The van der Waals surface area contributed by atoms with Crippen LogP contribution < -0.4 is 11.1 Å². The Morgan fingerprint density at radius 2 is 2.11 bits per heavy atom. The molecule has 1 heterocycles. The van der Waals surface area contributed by atoms with Crippen LogP contribution in [0, 0.1) is 0 Å². The topological polar surface area (TPSA) is 75.4 Å². The van der Waals surface area contributed by atoms with E-state index in [1.54, 1.807) is 4.90 Å². The number of allylic oxidation sites excluding steroid dienone is 1. The highest BCUT2D eigenvalue weighted by atomic mass is 16.2. The molecule has 1 rings (SSSR count). The number of nitrogens with two attached hydrogens (primary N) is 1. The highest BCUT2D eigenvalue weighted by Crippen LogP contribution is 2.18. The molecule has 5 nitrogen and oxygen atoms in total. The van der Waals surface area contributed by atoms with Gasteiger partial charge in [0.05, 0.1) is 0 Å². The van der Waals surface area contributed by atoms with Crippen LogP contribution in [0.25, 0.3) is 0 Å². The van der Waals surface area contributed by atoms with Gasteiger partial charge in [-0.2, -0.15) is 0 Å². The number of likely N-dealkylation sites (tertiary alicyclic amines) is 1. The van der Waals surface area contributed by atoms with E-state index in [0.29, 0.717) is 19.4 Å². The number of nitrogens with zero attached hydrogens (tertiary/aromatic N) is 1. The quantitative estimate of drug-likeness (QED) is 0.723. The smallest absolute Gasteiger partial charge is 0.243 e. The number of hydrogen-bond acceptors (Lipinski definition) is 3. The third kappa shape index (κ3) is 4.67. The van der Waals surface area contributed by atoms with Crippen LogP contribution in [-0.2, 0) is 9.59 Å². The third-order valence-electron chi connectivity index (χ3n) is 3.08. The standard InChI is InChI=1S/C14H25N3O2/c1-4-5-6-7-13(18)17-9-11(15)8-12(17)14(19)16-10(2)3/h5-6,10-12H,4,7-9,15H2,1-3H3,(H,16,19)/b6-5+/t11-,12-/m0/s1. The van der Waals surface area contributed by atoms with Crippen molar-refractivity contribution in [1.82, 2.24) is 10.2 Å². The zero-order valence-electron chi connectivity index (χ0n) is 12.1. The molecule has 0 aromatic carbocycles. The number of carbonyl (C=O) groups is 2. The first kappa shape index (κ1) is 15.7. The Bertz CT molecular complexity index is 353. The SMILES string of the molecule is CC/C=C/CC(=O)N1C[C@@H](N)C[C@H]1C(=O)NC(C)C. The Kier molecular flexibility index (Phi) is 6.02. The summed E-state index contributed by atoms with van der Waals surface area (Å²) in [5.41, 5.74) is 5.88. The summed E-state index contributed by atoms with van der Waals surface area (Å²) in [6.07, 6.45) is 5.60. The fraction of sp³-hybridized carbons (Fsp3) is 0.714. The largest absolute Gasteiger partial charge is 0.352 e. The molecule has 0 aliphatic carbocycles. The zero-order valence-corrected chi connectivity index (χ0v) is 12.1. The van der Waals surface area contributed by atoms with Crippen LogP contribution in [-0.4, -0.2) is 41.4 Å². The van der Waals surface area contributed by atoms with E-state index in [4.69, 9.17) is 5.73 Å². The van der Waals surface area contributed by atoms with E-state index in [1.807, 2.05) is 32.9 Å². The van der Waals surface area contributed by atoms with Gasteiger partial charge in [0.25, 0.3) is 0 Å². The minimum absolute atomic E-state index is 0.0263. The highest BCUT2D eigenvalue weighted by molar-refractivity contribution is 5.89. The molecule has 2 amide bonds. The predicted molar refractivity (Wildman–Crippen MR) is 75.4 cm³/mol. The first-order valence-corrected chi connectivity index (χ1v) is 6.96. The number of nitrogens with one attached hydrogen (secondary N) is 1. The van der Waals surface area contributed by atoms with Gasteiger partial charge in [-0.1, -0.05) is 19.1 Å². The van der Waals surface area contributed by atoms with Gasteiger partial charge in [-0.25, -0.2) is 0 Å². The Labute approximate surface area is 115 Å². The van der Waals surface area contributed by atoms with Gasteiger partial charge in [-0.3, -0.25) is 9.59 Å². The number of amides is 2. The number of carbonyl (C=O) groups excluding carboxylic acids is 2. The lowest BCUT2D eigenvalue weighted by atomic mass is 10.1. The van der Waals surface area contributed by atoms with Crippen molar-refractivity contribution in [2.45, 2.75) is 58.2 Å². The summed E-state index contributed by atoms with van der Waals surface area (Å²) >= 11 is 0. The van der Waals surface area contributed by atoms with Gasteiger partial charge in [-0.05, 0) is 26.7 Å². The van der Waals surface area contributed by atoms with Gasteiger partial charge in [0, 0.05) is 25.0 Å². The molecule has 1 saturated heterocycles. The average molecular weight is 267 g/mol.